The van der Waals surface area contributed by atoms with E-state index in [1.54, 1.807) is 0 Å². The molecule has 5 nitrogen and oxygen atoms in total. The van der Waals surface area contributed by atoms with Crippen molar-refractivity contribution in [2.24, 2.45) is 0 Å². The first kappa shape index (κ1) is 19.4. The van der Waals surface area contributed by atoms with Crippen LogP contribution in [0.25, 0.3) is 0 Å². The molecule has 0 aliphatic rings. The van der Waals surface area contributed by atoms with Gasteiger partial charge in [0, 0.05) is 6.07 Å². The Hall–Kier alpha value is -3.33. The van der Waals surface area contributed by atoms with E-state index in [0.29, 0.717) is 6.07 Å². The lowest BCUT2D eigenvalue weighted by atomic mass is 10.1. The number of sulfonamides is 1. The first-order valence-corrected chi connectivity index (χ1v) is 9.38. The van der Waals surface area contributed by atoms with E-state index in [2.05, 4.69) is 10.0 Å². The Bertz CT molecular complexity index is 1130. The second kappa shape index (κ2) is 7.73. The molecule has 0 bridgehead atoms. The van der Waals surface area contributed by atoms with Crippen molar-refractivity contribution in [3.63, 3.8) is 0 Å². The lowest BCUT2D eigenvalue weighted by Gasteiger charge is -2.13. The summed E-state index contributed by atoms with van der Waals surface area (Å²) in [5.41, 5.74) is -0.411. The average Bonchev–Trinajstić information content (AvgIpc) is 2.64. The van der Waals surface area contributed by atoms with Gasteiger partial charge in [-0.1, -0.05) is 12.1 Å². The van der Waals surface area contributed by atoms with E-state index in [1.165, 1.54) is 24.3 Å². The van der Waals surface area contributed by atoms with Gasteiger partial charge in [0.2, 0.25) is 0 Å². The molecule has 0 saturated carbocycles. The number of hydrogen-bond donors (Lipinski definition) is 2. The molecule has 0 spiro atoms. The molecule has 3 aromatic rings. The molecule has 144 valence electrons. The first-order valence-electron chi connectivity index (χ1n) is 7.90. The van der Waals surface area contributed by atoms with E-state index in [0.717, 1.165) is 36.4 Å². The highest BCUT2D eigenvalue weighted by Crippen LogP contribution is 2.22. The summed E-state index contributed by atoms with van der Waals surface area (Å²) < 4.78 is 66.9. The van der Waals surface area contributed by atoms with Gasteiger partial charge in [0.15, 0.2) is 0 Å². The molecule has 0 fully saturated rings. The standard InChI is InChI=1S/C19H13F3N2O3S/c20-12-5-8-14(9-6-12)28(26,27)24-17-4-2-1-3-15(17)19(25)23-18-10-7-13(21)11-16(18)22/h1-11,24H,(H,23,25). The molecule has 0 aromatic heterocycles. The summed E-state index contributed by atoms with van der Waals surface area (Å²) in [5, 5.41) is 2.26. The molecule has 0 saturated heterocycles. The molecule has 2 N–H and O–H groups in total. The van der Waals surface area contributed by atoms with Crippen LogP contribution >= 0.6 is 0 Å². The van der Waals surface area contributed by atoms with Gasteiger partial charge in [-0.3, -0.25) is 9.52 Å². The highest BCUT2D eigenvalue weighted by atomic mass is 32.2. The maximum Gasteiger partial charge on any atom is 0.261 e. The molecule has 0 heterocycles. The number of halogens is 3. The number of rotatable bonds is 5. The zero-order valence-corrected chi connectivity index (χ0v) is 14.9. The molecule has 0 unspecified atom stereocenters. The molecule has 0 atom stereocenters. The van der Waals surface area contributed by atoms with E-state index in [-0.39, 0.29) is 21.8 Å². The van der Waals surface area contributed by atoms with Gasteiger partial charge in [-0.25, -0.2) is 21.6 Å². The third-order valence-electron chi connectivity index (χ3n) is 3.72. The van der Waals surface area contributed by atoms with Gasteiger partial charge in [0.25, 0.3) is 15.9 Å². The monoisotopic (exact) mass is 406 g/mol. The first-order chi connectivity index (χ1) is 13.3. The largest absolute Gasteiger partial charge is 0.319 e. The van der Waals surface area contributed by atoms with Crippen molar-refractivity contribution < 1.29 is 26.4 Å². The fraction of sp³-hybridized carbons (Fsp3) is 0. The predicted molar refractivity (Wildman–Crippen MR) is 98.0 cm³/mol. The van der Waals surface area contributed by atoms with Crippen LogP contribution in [0, 0.1) is 17.5 Å². The molecule has 1 amide bonds. The Morgan fingerprint density at radius 2 is 1.43 bits per heavy atom. The van der Waals surface area contributed by atoms with Crippen molar-refractivity contribution >= 4 is 27.3 Å². The molecular formula is C19H13F3N2O3S. The Kier molecular flexibility index (Phi) is 5.36. The second-order valence-electron chi connectivity index (χ2n) is 5.68. The van der Waals surface area contributed by atoms with Gasteiger partial charge in [0.1, 0.15) is 17.5 Å². The lowest BCUT2D eigenvalue weighted by molar-refractivity contribution is 0.102. The number of benzene rings is 3. The smallest absolute Gasteiger partial charge is 0.261 e. The summed E-state index contributed by atoms with van der Waals surface area (Å²) in [6, 6.07) is 12.4. The average molecular weight is 406 g/mol. The van der Waals surface area contributed by atoms with Crippen molar-refractivity contribution in [2.75, 3.05) is 10.0 Å². The van der Waals surface area contributed by atoms with Crippen molar-refractivity contribution in [3.05, 3.63) is 89.7 Å². The van der Waals surface area contributed by atoms with Crippen LogP contribution in [-0.2, 0) is 10.0 Å². The predicted octanol–water partition coefficient (Wildman–Crippen LogP) is 4.16. The highest BCUT2D eigenvalue weighted by Gasteiger charge is 2.19. The van der Waals surface area contributed by atoms with E-state index >= 15 is 0 Å². The van der Waals surface area contributed by atoms with Crippen LogP contribution in [0.1, 0.15) is 10.4 Å². The van der Waals surface area contributed by atoms with Crippen molar-refractivity contribution in [1.29, 1.82) is 0 Å². The summed E-state index contributed by atoms with van der Waals surface area (Å²) in [5.74, 6) is -3.18. The molecule has 3 aromatic carbocycles. The van der Waals surface area contributed by atoms with Crippen LogP contribution in [0.15, 0.2) is 71.6 Å². The number of carbonyl (C=O) groups excluding carboxylic acids is 1. The van der Waals surface area contributed by atoms with E-state index in [4.69, 9.17) is 0 Å². The number of anilines is 2. The fourth-order valence-electron chi connectivity index (χ4n) is 2.37. The van der Waals surface area contributed by atoms with Gasteiger partial charge in [0.05, 0.1) is 21.8 Å². The summed E-state index contributed by atoms with van der Waals surface area (Å²) in [4.78, 5) is 12.3. The van der Waals surface area contributed by atoms with Crippen LogP contribution < -0.4 is 10.0 Å². The Labute approximate surface area is 158 Å². The molecule has 0 radical (unpaired) electrons. The van der Waals surface area contributed by atoms with Crippen molar-refractivity contribution in [3.8, 4) is 0 Å². The zero-order valence-electron chi connectivity index (χ0n) is 14.1. The molecule has 28 heavy (non-hydrogen) atoms. The van der Waals surface area contributed by atoms with Crippen LogP contribution in [0.5, 0.6) is 0 Å². The van der Waals surface area contributed by atoms with Crippen molar-refractivity contribution in [1.82, 2.24) is 0 Å². The molecule has 3 rings (SSSR count). The van der Waals surface area contributed by atoms with Crippen molar-refractivity contribution in [2.45, 2.75) is 4.90 Å². The van der Waals surface area contributed by atoms with Crippen LogP contribution in [0.3, 0.4) is 0 Å². The number of para-hydroxylation sites is 1. The van der Waals surface area contributed by atoms with E-state index < -0.39 is 33.4 Å². The normalized spacial score (nSPS) is 11.1. The maximum absolute atomic E-state index is 13.8. The Morgan fingerprint density at radius 1 is 0.786 bits per heavy atom. The number of carbonyl (C=O) groups is 1. The quantitative estimate of drug-likeness (QED) is 0.668. The maximum atomic E-state index is 13.8. The van der Waals surface area contributed by atoms with Crippen LogP contribution in [-0.4, -0.2) is 14.3 Å². The fourth-order valence-corrected chi connectivity index (χ4v) is 3.45. The van der Waals surface area contributed by atoms with Gasteiger partial charge in [-0.2, -0.15) is 0 Å². The summed E-state index contributed by atoms with van der Waals surface area (Å²) in [7, 11) is -4.09. The van der Waals surface area contributed by atoms with Gasteiger partial charge in [-0.05, 0) is 48.5 Å². The Balaban J connectivity index is 1.88. The third kappa shape index (κ3) is 4.32. The molecule has 0 aliphatic carbocycles. The van der Waals surface area contributed by atoms with E-state index in [1.807, 2.05) is 0 Å². The lowest BCUT2D eigenvalue weighted by Crippen LogP contribution is -2.19. The molecule has 0 aliphatic heterocycles. The van der Waals surface area contributed by atoms with Gasteiger partial charge in [-0.15, -0.1) is 0 Å². The minimum Gasteiger partial charge on any atom is -0.319 e. The number of amides is 1. The van der Waals surface area contributed by atoms with Gasteiger partial charge < -0.3 is 5.32 Å². The van der Waals surface area contributed by atoms with Gasteiger partial charge >= 0.3 is 0 Å². The summed E-state index contributed by atoms with van der Waals surface area (Å²) in [6.07, 6.45) is 0. The molecule has 9 heteroatoms. The number of hydrogen-bond acceptors (Lipinski definition) is 3. The zero-order chi connectivity index (χ0) is 20.3. The molecular weight excluding hydrogens is 393 g/mol. The topological polar surface area (TPSA) is 75.3 Å². The SMILES string of the molecule is O=C(Nc1ccc(F)cc1F)c1ccccc1NS(=O)(=O)c1ccc(F)cc1. The highest BCUT2D eigenvalue weighted by molar-refractivity contribution is 7.92. The minimum absolute atomic E-state index is 0.0631. The van der Waals surface area contributed by atoms with Crippen LogP contribution in [0.4, 0.5) is 24.5 Å². The van der Waals surface area contributed by atoms with E-state index in [9.17, 15) is 26.4 Å². The third-order valence-corrected chi connectivity index (χ3v) is 5.10. The minimum atomic E-state index is -4.09. The second-order valence-corrected chi connectivity index (χ2v) is 7.37. The summed E-state index contributed by atoms with van der Waals surface area (Å²) >= 11 is 0. The van der Waals surface area contributed by atoms with Crippen LogP contribution in [0.2, 0.25) is 0 Å². The summed E-state index contributed by atoms with van der Waals surface area (Å²) in [6.45, 7) is 0. The number of nitrogens with one attached hydrogen (secondary N) is 2. The Morgan fingerprint density at radius 3 is 2.11 bits per heavy atom.